The first-order valence-corrected chi connectivity index (χ1v) is 10.9. The summed E-state index contributed by atoms with van der Waals surface area (Å²) in [6.07, 6.45) is 19.7. The molecule has 0 aromatic heterocycles. The molecule has 0 spiro atoms. The summed E-state index contributed by atoms with van der Waals surface area (Å²) in [7, 11) is 4.34. The van der Waals surface area contributed by atoms with Gasteiger partial charge in [-0.1, -0.05) is 90.9 Å². The minimum Gasteiger partial charge on any atom is -0.322 e. The molecule has 0 aliphatic rings. The van der Waals surface area contributed by atoms with Gasteiger partial charge in [-0.05, 0) is 12.8 Å². The molecular weight excluding hydrogens is 294 g/mol. The zero-order chi connectivity index (χ0) is 18.1. The highest BCUT2D eigenvalue weighted by Crippen LogP contribution is 2.13. The molecule has 0 aliphatic carbocycles. The molecule has 0 bridgehead atoms. The Labute approximate surface area is 153 Å². The van der Waals surface area contributed by atoms with Gasteiger partial charge < -0.3 is 4.48 Å². The molecule has 2 heteroatoms. The van der Waals surface area contributed by atoms with Crippen LogP contribution in [0.2, 0.25) is 0 Å². The van der Waals surface area contributed by atoms with Gasteiger partial charge in [0.25, 0.3) is 0 Å². The molecule has 0 N–H and O–H groups in total. The maximum atomic E-state index is 12.0. The van der Waals surface area contributed by atoms with Crippen molar-refractivity contribution in [2.75, 3.05) is 27.2 Å². The summed E-state index contributed by atoms with van der Waals surface area (Å²) in [4.78, 5) is 12.0. The van der Waals surface area contributed by atoms with E-state index in [0.29, 0.717) is 12.3 Å². The highest BCUT2D eigenvalue weighted by atomic mass is 16.1. The highest BCUT2D eigenvalue weighted by Gasteiger charge is 2.18. The van der Waals surface area contributed by atoms with Crippen molar-refractivity contribution in [2.24, 2.45) is 0 Å². The molecule has 0 radical (unpaired) electrons. The Balaban J connectivity index is 3.29. The average molecular weight is 341 g/mol. The lowest BCUT2D eigenvalue weighted by atomic mass is 10.0. The van der Waals surface area contributed by atoms with E-state index in [1.807, 2.05) is 0 Å². The van der Waals surface area contributed by atoms with Crippen LogP contribution in [-0.4, -0.2) is 37.5 Å². The Morgan fingerprint density at radius 3 is 1.46 bits per heavy atom. The maximum absolute atomic E-state index is 12.0. The fourth-order valence-corrected chi connectivity index (χ4v) is 3.58. The van der Waals surface area contributed by atoms with E-state index >= 15 is 0 Å². The van der Waals surface area contributed by atoms with Crippen molar-refractivity contribution in [3.8, 4) is 0 Å². The number of likely N-dealkylation sites (N-methyl/N-ethyl adjacent to an activating group) is 1. The molecule has 0 fully saturated rings. The van der Waals surface area contributed by atoms with E-state index in [1.165, 1.54) is 77.0 Å². The van der Waals surface area contributed by atoms with Gasteiger partial charge in [-0.15, -0.1) is 0 Å². The van der Waals surface area contributed by atoms with Gasteiger partial charge in [0.05, 0.1) is 20.6 Å². The van der Waals surface area contributed by atoms with Crippen LogP contribution in [0.25, 0.3) is 0 Å². The van der Waals surface area contributed by atoms with E-state index < -0.39 is 0 Å². The number of carbonyl (C=O) groups excluding carboxylic acids is 1. The molecule has 0 amide bonds. The van der Waals surface area contributed by atoms with Crippen LogP contribution in [0.3, 0.4) is 0 Å². The molecule has 0 saturated carbocycles. The number of carbonyl (C=O) groups is 1. The smallest absolute Gasteiger partial charge is 0.186 e. The second-order valence-electron chi connectivity index (χ2n) is 8.35. The summed E-state index contributed by atoms with van der Waals surface area (Å²) in [5.41, 5.74) is 0. The standard InChI is InChI=1S/C22H46NO/c1-5-7-8-9-10-11-12-13-14-15-16-17-18-19-22(24)21-23(3,4)20-6-2/h5-21H2,1-4H3/q+1. The Kier molecular flexibility index (Phi) is 15.9. The van der Waals surface area contributed by atoms with Crippen molar-refractivity contribution in [3.63, 3.8) is 0 Å². The van der Waals surface area contributed by atoms with Crippen molar-refractivity contribution < 1.29 is 9.28 Å². The average Bonchev–Trinajstić information content (AvgIpc) is 2.51. The van der Waals surface area contributed by atoms with Gasteiger partial charge in [0.2, 0.25) is 0 Å². The Morgan fingerprint density at radius 1 is 0.625 bits per heavy atom. The Bertz CT molecular complexity index is 286. The fourth-order valence-electron chi connectivity index (χ4n) is 3.58. The van der Waals surface area contributed by atoms with Crippen LogP contribution in [0.4, 0.5) is 0 Å². The van der Waals surface area contributed by atoms with Crippen molar-refractivity contribution in [1.82, 2.24) is 0 Å². The number of unbranched alkanes of at least 4 members (excludes halogenated alkanes) is 12. The van der Waals surface area contributed by atoms with E-state index in [0.717, 1.165) is 30.3 Å². The molecule has 0 atom stereocenters. The number of nitrogens with zero attached hydrogens (tertiary/aromatic N) is 1. The van der Waals surface area contributed by atoms with Crippen molar-refractivity contribution in [1.29, 1.82) is 0 Å². The SMILES string of the molecule is CCCCCCCCCCCCCCCC(=O)C[N+](C)(C)CCC. The van der Waals surface area contributed by atoms with Crippen LogP contribution in [-0.2, 0) is 4.79 Å². The molecule has 0 unspecified atom stereocenters. The largest absolute Gasteiger partial charge is 0.322 e. The summed E-state index contributed by atoms with van der Waals surface area (Å²) in [5.74, 6) is 0.455. The molecule has 2 nitrogen and oxygen atoms in total. The molecule has 0 saturated heterocycles. The molecule has 24 heavy (non-hydrogen) atoms. The van der Waals surface area contributed by atoms with Crippen LogP contribution >= 0.6 is 0 Å². The molecule has 0 aromatic carbocycles. The second-order valence-corrected chi connectivity index (χ2v) is 8.35. The summed E-state index contributed by atoms with van der Waals surface area (Å²) in [6, 6.07) is 0. The molecule has 0 heterocycles. The quantitative estimate of drug-likeness (QED) is 0.205. The molecular formula is C22H46NO+. The van der Waals surface area contributed by atoms with Crippen molar-refractivity contribution >= 4 is 5.78 Å². The van der Waals surface area contributed by atoms with Crippen LogP contribution < -0.4 is 0 Å². The van der Waals surface area contributed by atoms with E-state index in [2.05, 4.69) is 27.9 Å². The van der Waals surface area contributed by atoms with E-state index in [1.54, 1.807) is 0 Å². The molecule has 0 rings (SSSR count). The third kappa shape index (κ3) is 16.5. The maximum Gasteiger partial charge on any atom is 0.186 e. The third-order valence-electron chi connectivity index (χ3n) is 4.99. The van der Waals surface area contributed by atoms with Gasteiger partial charge >= 0.3 is 0 Å². The van der Waals surface area contributed by atoms with Gasteiger partial charge in [-0.3, -0.25) is 4.79 Å². The number of hydrogen-bond acceptors (Lipinski definition) is 1. The minimum absolute atomic E-state index is 0.455. The van der Waals surface area contributed by atoms with Gasteiger partial charge in [0, 0.05) is 6.42 Å². The predicted molar refractivity (Wildman–Crippen MR) is 107 cm³/mol. The zero-order valence-corrected chi connectivity index (χ0v) is 17.4. The van der Waals surface area contributed by atoms with Crippen LogP contribution in [0.5, 0.6) is 0 Å². The van der Waals surface area contributed by atoms with E-state index in [4.69, 9.17) is 0 Å². The lowest BCUT2D eigenvalue weighted by molar-refractivity contribution is -0.882. The normalized spacial score (nSPS) is 11.8. The van der Waals surface area contributed by atoms with Gasteiger partial charge in [-0.25, -0.2) is 0 Å². The monoisotopic (exact) mass is 340 g/mol. The van der Waals surface area contributed by atoms with Gasteiger partial charge in [0.1, 0.15) is 6.54 Å². The lowest BCUT2D eigenvalue weighted by Crippen LogP contribution is -2.44. The molecule has 0 aromatic rings. The Hall–Kier alpha value is -0.370. The number of rotatable bonds is 18. The number of hydrogen-bond donors (Lipinski definition) is 0. The molecule has 0 aliphatic heterocycles. The lowest BCUT2D eigenvalue weighted by Gasteiger charge is -2.28. The van der Waals surface area contributed by atoms with Crippen LogP contribution in [0, 0.1) is 0 Å². The first-order chi connectivity index (χ1) is 11.5. The second kappa shape index (κ2) is 16.1. The van der Waals surface area contributed by atoms with Gasteiger partial charge in [-0.2, -0.15) is 0 Å². The number of quaternary nitrogens is 1. The summed E-state index contributed by atoms with van der Waals surface area (Å²) >= 11 is 0. The first kappa shape index (κ1) is 23.6. The zero-order valence-electron chi connectivity index (χ0n) is 17.4. The third-order valence-corrected chi connectivity index (χ3v) is 4.99. The van der Waals surface area contributed by atoms with Crippen LogP contribution in [0.15, 0.2) is 0 Å². The van der Waals surface area contributed by atoms with Crippen molar-refractivity contribution in [2.45, 2.75) is 110 Å². The summed E-state index contributed by atoms with van der Waals surface area (Å²) < 4.78 is 0.855. The van der Waals surface area contributed by atoms with Crippen molar-refractivity contribution in [3.05, 3.63) is 0 Å². The van der Waals surface area contributed by atoms with Crippen LogP contribution in [0.1, 0.15) is 110 Å². The predicted octanol–water partition coefficient (Wildman–Crippen LogP) is 6.52. The number of ketones is 1. The van der Waals surface area contributed by atoms with E-state index in [-0.39, 0.29) is 0 Å². The van der Waals surface area contributed by atoms with Gasteiger partial charge in [0.15, 0.2) is 5.78 Å². The Morgan fingerprint density at radius 2 is 1.04 bits per heavy atom. The van der Waals surface area contributed by atoms with E-state index in [9.17, 15) is 4.79 Å². The number of Topliss-reactive ketones (excluding diaryl/α,β-unsaturated/α-hetero) is 1. The summed E-state index contributed by atoms with van der Waals surface area (Å²) in [5, 5.41) is 0. The summed E-state index contributed by atoms with van der Waals surface area (Å²) in [6.45, 7) is 6.29. The fraction of sp³-hybridized carbons (Fsp3) is 0.955. The first-order valence-electron chi connectivity index (χ1n) is 10.9. The highest BCUT2D eigenvalue weighted by molar-refractivity contribution is 5.79. The topological polar surface area (TPSA) is 17.1 Å². The molecule has 144 valence electrons. The minimum atomic E-state index is 0.455.